The standard InChI is InChI=1S/C13H26NO/c1-5-12(6-2)10-9-11-13(7-3,8-4)14(12)15/h5-11H2,1-4H3. The minimum absolute atomic E-state index is 0.0652. The summed E-state index contributed by atoms with van der Waals surface area (Å²) >= 11 is 0. The van der Waals surface area contributed by atoms with Crippen LogP contribution in [0.4, 0.5) is 0 Å². The molecule has 0 aromatic heterocycles. The van der Waals surface area contributed by atoms with E-state index >= 15 is 0 Å². The third-order valence-electron chi connectivity index (χ3n) is 4.78. The van der Waals surface area contributed by atoms with Crippen LogP contribution in [-0.2, 0) is 5.21 Å². The Bertz CT molecular complexity index is 175. The lowest BCUT2D eigenvalue weighted by atomic mass is 9.73. The molecule has 2 nitrogen and oxygen atoms in total. The number of hydroxylamine groups is 2. The summed E-state index contributed by atoms with van der Waals surface area (Å²) in [6.45, 7) is 8.65. The summed E-state index contributed by atoms with van der Waals surface area (Å²) in [4.78, 5) is 0. The molecule has 0 aromatic rings. The predicted octanol–water partition coefficient (Wildman–Crippen LogP) is 3.94. The highest BCUT2D eigenvalue weighted by molar-refractivity contribution is 4.99. The van der Waals surface area contributed by atoms with E-state index in [0.717, 1.165) is 38.5 Å². The molecule has 0 amide bonds. The van der Waals surface area contributed by atoms with Crippen molar-refractivity contribution in [3.05, 3.63) is 0 Å². The van der Waals surface area contributed by atoms with Gasteiger partial charge in [-0.25, -0.2) is 0 Å². The molecular weight excluding hydrogens is 186 g/mol. The average Bonchev–Trinajstić information content (AvgIpc) is 2.30. The van der Waals surface area contributed by atoms with Gasteiger partial charge in [0.15, 0.2) is 0 Å². The van der Waals surface area contributed by atoms with Crippen molar-refractivity contribution in [2.24, 2.45) is 0 Å². The number of hydrogen-bond donors (Lipinski definition) is 0. The van der Waals surface area contributed by atoms with Crippen LogP contribution >= 0.6 is 0 Å². The van der Waals surface area contributed by atoms with Crippen molar-refractivity contribution in [2.45, 2.75) is 83.7 Å². The van der Waals surface area contributed by atoms with E-state index in [1.165, 1.54) is 11.5 Å². The Morgan fingerprint density at radius 2 is 1.20 bits per heavy atom. The molecule has 0 atom stereocenters. The Kier molecular flexibility index (Phi) is 4.19. The summed E-state index contributed by atoms with van der Waals surface area (Å²) in [6.07, 6.45) is 7.38. The zero-order valence-corrected chi connectivity index (χ0v) is 10.8. The van der Waals surface area contributed by atoms with Gasteiger partial charge in [-0.15, -0.1) is 10.3 Å². The fraction of sp³-hybridized carbons (Fsp3) is 1.00. The Balaban J connectivity index is 2.95. The lowest BCUT2D eigenvalue weighted by molar-refractivity contribution is -0.308. The Morgan fingerprint density at radius 1 is 0.867 bits per heavy atom. The van der Waals surface area contributed by atoms with Crippen LogP contribution in [0.25, 0.3) is 0 Å². The van der Waals surface area contributed by atoms with Gasteiger partial charge >= 0.3 is 0 Å². The van der Waals surface area contributed by atoms with Crippen LogP contribution in [0.3, 0.4) is 0 Å². The Hall–Kier alpha value is -0.0800. The molecule has 1 rings (SSSR count). The summed E-state index contributed by atoms with van der Waals surface area (Å²) in [5.74, 6) is 0. The molecule has 1 radical (unpaired) electrons. The summed E-state index contributed by atoms with van der Waals surface area (Å²) in [5, 5.41) is 14.1. The van der Waals surface area contributed by atoms with Crippen LogP contribution in [0.15, 0.2) is 0 Å². The molecule has 0 bridgehead atoms. The fourth-order valence-electron chi connectivity index (χ4n) is 3.23. The Morgan fingerprint density at radius 3 is 1.47 bits per heavy atom. The van der Waals surface area contributed by atoms with Gasteiger partial charge in [0.1, 0.15) is 0 Å². The first-order chi connectivity index (χ1) is 7.10. The zero-order chi connectivity index (χ0) is 11.5. The van der Waals surface area contributed by atoms with Crippen molar-refractivity contribution in [2.75, 3.05) is 0 Å². The van der Waals surface area contributed by atoms with Gasteiger partial charge < -0.3 is 0 Å². The molecule has 1 heterocycles. The SMILES string of the molecule is CCC1(CC)CCCC(CC)(CC)N1[O]. The number of rotatable bonds is 4. The zero-order valence-electron chi connectivity index (χ0n) is 10.8. The monoisotopic (exact) mass is 212 g/mol. The summed E-state index contributed by atoms with van der Waals surface area (Å²) in [7, 11) is 0. The first-order valence-electron chi connectivity index (χ1n) is 6.58. The van der Waals surface area contributed by atoms with Crippen LogP contribution in [0, 0.1) is 0 Å². The van der Waals surface area contributed by atoms with Crippen LogP contribution in [0.5, 0.6) is 0 Å². The highest BCUT2D eigenvalue weighted by Crippen LogP contribution is 2.44. The van der Waals surface area contributed by atoms with Gasteiger partial charge in [0.25, 0.3) is 0 Å². The second-order valence-corrected chi connectivity index (χ2v) is 5.01. The Labute approximate surface area is 94.6 Å². The molecule has 2 heteroatoms. The van der Waals surface area contributed by atoms with Crippen molar-refractivity contribution in [3.63, 3.8) is 0 Å². The predicted molar refractivity (Wildman–Crippen MR) is 63.0 cm³/mol. The first-order valence-corrected chi connectivity index (χ1v) is 6.58. The average molecular weight is 212 g/mol. The molecule has 0 saturated carbocycles. The molecular formula is C13H26NO. The molecule has 1 fully saturated rings. The van der Waals surface area contributed by atoms with E-state index < -0.39 is 0 Å². The molecule has 1 saturated heterocycles. The van der Waals surface area contributed by atoms with Crippen LogP contribution < -0.4 is 0 Å². The molecule has 0 spiro atoms. The minimum atomic E-state index is -0.0652. The molecule has 89 valence electrons. The molecule has 0 N–H and O–H groups in total. The lowest BCUT2D eigenvalue weighted by Gasteiger charge is -2.52. The van der Waals surface area contributed by atoms with Gasteiger partial charge in [-0.05, 0) is 44.9 Å². The summed E-state index contributed by atoms with van der Waals surface area (Å²) in [5.41, 5.74) is -0.130. The van der Waals surface area contributed by atoms with Gasteiger partial charge in [-0.3, -0.25) is 0 Å². The van der Waals surface area contributed by atoms with E-state index in [1.807, 2.05) is 0 Å². The van der Waals surface area contributed by atoms with Gasteiger partial charge in [-0.1, -0.05) is 27.7 Å². The third-order valence-corrected chi connectivity index (χ3v) is 4.78. The first kappa shape index (κ1) is 13.0. The van der Waals surface area contributed by atoms with Crippen molar-refractivity contribution in [3.8, 4) is 0 Å². The van der Waals surface area contributed by atoms with E-state index in [4.69, 9.17) is 0 Å². The second-order valence-electron chi connectivity index (χ2n) is 5.01. The lowest BCUT2D eigenvalue weighted by Crippen LogP contribution is -2.60. The molecule has 0 aliphatic carbocycles. The molecule has 1 aliphatic heterocycles. The normalized spacial score (nSPS) is 25.4. The van der Waals surface area contributed by atoms with Crippen LogP contribution in [0.1, 0.15) is 72.6 Å². The molecule has 0 aromatic carbocycles. The van der Waals surface area contributed by atoms with Crippen molar-refractivity contribution in [1.29, 1.82) is 0 Å². The van der Waals surface area contributed by atoms with Crippen molar-refractivity contribution >= 4 is 0 Å². The number of hydrogen-bond acceptors (Lipinski definition) is 1. The molecule has 1 aliphatic rings. The summed E-state index contributed by atoms with van der Waals surface area (Å²) in [6, 6.07) is 0. The van der Waals surface area contributed by atoms with Gasteiger partial charge in [-0.2, -0.15) is 0 Å². The maximum Gasteiger partial charge on any atom is 0.0494 e. The van der Waals surface area contributed by atoms with Gasteiger partial charge in [0, 0.05) is 11.1 Å². The maximum atomic E-state index is 12.6. The fourth-order valence-corrected chi connectivity index (χ4v) is 3.23. The van der Waals surface area contributed by atoms with E-state index in [-0.39, 0.29) is 11.1 Å². The summed E-state index contributed by atoms with van der Waals surface area (Å²) < 4.78 is 0. The van der Waals surface area contributed by atoms with Crippen molar-refractivity contribution < 1.29 is 5.21 Å². The van der Waals surface area contributed by atoms with E-state index in [9.17, 15) is 5.21 Å². The number of nitrogens with zero attached hydrogens (tertiary/aromatic N) is 1. The smallest absolute Gasteiger partial charge is 0.0494 e. The van der Waals surface area contributed by atoms with E-state index in [0.29, 0.717) is 0 Å². The highest BCUT2D eigenvalue weighted by atomic mass is 16.5. The maximum absolute atomic E-state index is 12.6. The largest absolute Gasteiger partial charge is 0.143 e. The van der Waals surface area contributed by atoms with E-state index in [2.05, 4.69) is 27.7 Å². The van der Waals surface area contributed by atoms with Gasteiger partial charge in [0.05, 0.1) is 0 Å². The second kappa shape index (κ2) is 4.84. The minimum Gasteiger partial charge on any atom is -0.143 e. The third kappa shape index (κ3) is 1.94. The van der Waals surface area contributed by atoms with Gasteiger partial charge in [0.2, 0.25) is 0 Å². The quantitative estimate of drug-likeness (QED) is 0.692. The number of piperidine rings is 1. The van der Waals surface area contributed by atoms with E-state index in [1.54, 1.807) is 0 Å². The molecule has 0 unspecified atom stereocenters. The molecule has 15 heavy (non-hydrogen) atoms. The van der Waals surface area contributed by atoms with Crippen molar-refractivity contribution in [1.82, 2.24) is 5.06 Å². The highest BCUT2D eigenvalue weighted by Gasteiger charge is 2.48. The van der Waals surface area contributed by atoms with Crippen LogP contribution in [-0.4, -0.2) is 16.1 Å². The van der Waals surface area contributed by atoms with Crippen LogP contribution in [0.2, 0.25) is 0 Å². The topological polar surface area (TPSA) is 23.1 Å².